The molecule has 63 heavy (non-hydrogen) atoms. The smallest absolute Gasteiger partial charge is 0.245 e. The van der Waals surface area contributed by atoms with Crippen molar-refractivity contribution in [2.24, 2.45) is 11.7 Å². The van der Waals surface area contributed by atoms with E-state index in [4.69, 9.17) is 10.5 Å². The molecule has 4 atom stereocenters. The van der Waals surface area contributed by atoms with Crippen LogP contribution in [0.3, 0.4) is 0 Å². The van der Waals surface area contributed by atoms with E-state index in [1.54, 1.807) is 48.7 Å². The summed E-state index contributed by atoms with van der Waals surface area (Å²) in [5.74, 6) is -1.82. The lowest BCUT2D eigenvalue weighted by atomic mass is 9.83. The molecule has 0 unspecified atom stereocenters. The van der Waals surface area contributed by atoms with Crippen LogP contribution in [0.25, 0.3) is 0 Å². The monoisotopic (exact) mass is 883 g/mol. The molecule has 1 aliphatic heterocycles. The summed E-state index contributed by atoms with van der Waals surface area (Å²) in [5.41, 5.74) is 8.69. The minimum absolute atomic E-state index is 0.0229. The molecule has 0 aromatic heterocycles. The molecule has 338 valence electrons. The molecule has 16 heteroatoms. The largest absolute Gasteiger partial charge is 0.488 e. The van der Waals surface area contributed by atoms with Crippen LogP contribution in [0.2, 0.25) is 0 Å². The fourth-order valence-corrected chi connectivity index (χ4v) is 8.26. The van der Waals surface area contributed by atoms with Crippen LogP contribution in [0.5, 0.6) is 5.75 Å². The number of fused-ring (bicyclic) bond motifs is 2. The van der Waals surface area contributed by atoms with Crippen LogP contribution in [0.4, 0.5) is 5.69 Å². The lowest BCUT2D eigenvalue weighted by Crippen LogP contribution is -2.56. The van der Waals surface area contributed by atoms with Crippen molar-refractivity contribution in [2.75, 3.05) is 43.5 Å². The predicted molar refractivity (Wildman–Crippen MR) is 244 cm³/mol. The fraction of sp³-hybridized carbons (Fsp3) is 0.468. The number of likely N-dealkylation sites (tertiary alicyclic amines) is 1. The second-order valence-electron chi connectivity index (χ2n) is 17.3. The molecule has 1 fully saturated rings. The van der Waals surface area contributed by atoms with Crippen molar-refractivity contribution < 1.29 is 38.3 Å². The van der Waals surface area contributed by atoms with Crippen LogP contribution in [0, 0.1) is 5.92 Å². The Morgan fingerprint density at radius 1 is 0.841 bits per heavy atom. The van der Waals surface area contributed by atoms with Crippen LogP contribution < -0.4 is 37.1 Å². The van der Waals surface area contributed by atoms with Gasteiger partial charge in [0.1, 0.15) is 29.5 Å². The van der Waals surface area contributed by atoms with Crippen LogP contribution in [0.1, 0.15) is 97.7 Å². The van der Waals surface area contributed by atoms with Crippen molar-refractivity contribution in [3.63, 3.8) is 0 Å². The van der Waals surface area contributed by atoms with Crippen molar-refractivity contribution in [1.29, 1.82) is 0 Å². The zero-order valence-corrected chi connectivity index (χ0v) is 37.8. The van der Waals surface area contributed by atoms with Crippen molar-refractivity contribution in [1.82, 2.24) is 26.2 Å². The first kappa shape index (κ1) is 48.3. The Labute approximate surface area is 373 Å². The zero-order chi connectivity index (χ0) is 45.8. The Morgan fingerprint density at radius 3 is 2.19 bits per heavy atom. The molecular weight excluding hydrogens is 823 g/mol. The van der Waals surface area contributed by atoms with E-state index in [-0.39, 0.29) is 47.1 Å². The van der Waals surface area contributed by atoms with Crippen LogP contribution in [-0.2, 0) is 30.4 Å². The molecule has 5 amide bonds. The van der Waals surface area contributed by atoms with Gasteiger partial charge in [-0.05, 0) is 88.8 Å². The van der Waals surface area contributed by atoms with Gasteiger partial charge in [-0.2, -0.15) is 11.8 Å². The summed E-state index contributed by atoms with van der Waals surface area (Å²) in [6.45, 7) is 10.3. The number of hydrogen-bond acceptors (Lipinski definition) is 11. The van der Waals surface area contributed by atoms with E-state index >= 15 is 0 Å². The molecule has 1 saturated heterocycles. The molecule has 1 aliphatic carbocycles. The highest BCUT2D eigenvalue weighted by atomic mass is 32.2. The van der Waals surface area contributed by atoms with Gasteiger partial charge in [0, 0.05) is 47.8 Å². The van der Waals surface area contributed by atoms with Crippen molar-refractivity contribution >= 4 is 58.6 Å². The number of rotatable bonds is 20. The van der Waals surface area contributed by atoms with Gasteiger partial charge in [-0.25, -0.2) is 0 Å². The minimum atomic E-state index is -0.960. The summed E-state index contributed by atoms with van der Waals surface area (Å²) < 4.78 is 5.86. The number of carbonyl (C=O) groups is 7. The number of thioether (sulfide) groups is 1. The topological polar surface area (TPSA) is 218 Å². The molecule has 3 aromatic carbocycles. The Hall–Kier alpha value is -5.74. The third-order valence-electron chi connectivity index (χ3n) is 10.6. The van der Waals surface area contributed by atoms with Gasteiger partial charge in [0.2, 0.25) is 29.5 Å². The van der Waals surface area contributed by atoms with Crippen molar-refractivity contribution in [3.8, 4) is 5.75 Å². The molecule has 0 bridgehead atoms. The third kappa shape index (κ3) is 13.1. The maximum Gasteiger partial charge on any atom is 0.245 e. The molecular formula is C47H61N7O8S. The Morgan fingerprint density at radius 2 is 1.52 bits per heavy atom. The van der Waals surface area contributed by atoms with E-state index in [1.165, 1.54) is 16.7 Å². The summed E-state index contributed by atoms with van der Waals surface area (Å²) in [4.78, 5) is 94.8. The number of ether oxygens (including phenoxy) is 1. The van der Waals surface area contributed by atoms with Gasteiger partial charge < -0.3 is 42.0 Å². The number of anilines is 1. The molecule has 0 radical (unpaired) electrons. The summed E-state index contributed by atoms with van der Waals surface area (Å²) >= 11 is 1.34. The van der Waals surface area contributed by atoms with Crippen molar-refractivity contribution in [3.05, 3.63) is 94.5 Å². The fourth-order valence-electron chi connectivity index (χ4n) is 7.69. The molecule has 5 rings (SSSR count). The van der Waals surface area contributed by atoms with E-state index in [2.05, 4.69) is 26.6 Å². The highest BCUT2D eigenvalue weighted by Crippen LogP contribution is 2.32. The minimum Gasteiger partial charge on any atom is -0.488 e. The van der Waals surface area contributed by atoms with E-state index < -0.39 is 48.4 Å². The first-order chi connectivity index (χ1) is 30.0. The van der Waals surface area contributed by atoms with Gasteiger partial charge in [0.15, 0.2) is 11.6 Å². The SMILES string of the molecule is CSC[C@H](NC(=O)[C@@H](N)Cc1ccc(OC(C)(C)C)cc1)C(=O)NCC(=O)N[C@@H](CC(C)C)C(=O)N1CCC[C@H]1C(=O)NCCCNc1cccc2c1C(=O)c1ccccc1C2=O. The second kappa shape index (κ2) is 22.1. The summed E-state index contributed by atoms with van der Waals surface area (Å²) in [6.07, 6.45) is 3.92. The number of carbonyl (C=O) groups excluding carboxylic acids is 7. The first-order valence-electron chi connectivity index (χ1n) is 21.5. The Balaban J connectivity index is 1.08. The van der Waals surface area contributed by atoms with Gasteiger partial charge in [-0.15, -0.1) is 0 Å². The number of nitrogens with one attached hydrogen (secondary N) is 5. The molecule has 0 saturated carbocycles. The summed E-state index contributed by atoms with van der Waals surface area (Å²) in [5, 5.41) is 14.2. The number of nitrogens with zero attached hydrogens (tertiary/aromatic N) is 1. The number of ketones is 2. The maximum absolute atomic E-state index is 13.9. The van der Waals surface area contributed by atoms with Crippen LogP contribution in [0.15, 0.2) is 66.7 Å². The van der Waals surface area contributed by atoms with E-state index in [9.17, 15) is 33.6 Å². The molecule has 1 heterocycles. The van der Waals surface area contributed by atoms with Gasteiger partial charge in [-0.1, -0.05) is 62.4 Å². The van der Waals surface area contributed by atoms with Gasteiger partial charge >= 0.3 is 0 Å². The standard InChI is InChI=1S/C47H61N7O8S/c1-28(2)24-36(52-39(55)26-51-44(59)37(27-63-6)53-43(58)34(48)25-29-17-19-30(20-18-29)62-47(3,4)5)46(61)54-23-10-16-38(54)45(60)50-22-11-21-49-35-15-9-14-33-40(35)42(57)32-13-8-7-12-31(32)41(33)56/h7-9,12-15,17-20,28,34,36-38,49H,10-11,16,21-27,48H2,1-6H3,(H,50,60)(H,51,59)(H,52,55)(H,53,58)/t34-,36-,37-,38-/m0/s1. The molecule has 2 aliphatic rings. The highest BCUT2D eigenvalue weighted by Gasteiger charge is 2.38. The predicted octanol–water partition coefficient (Wildman–Crippen LogP) is 3.61. The highest BCUT2D eigenvalue weighted by molar-refractivity contribution is 7.98. The number of benzene rings is 3. The third-order valence-corrected chi connectivity index (χ3v) is 11.3. The average molecular weight is 884 g/mol. The average Bonchev–Trinajstić information content (AvgIpc) is 3.74. The van der Waals surface area contributed by atoms with Gasteiger partial charge in [0.05, 0.1) is 18.2 Å². The van der Waals surface area contributed by atoms with Crippen LogP contribution in [-0.4, -0.2) is 114 Å². The molecule has 3 aromatic rings. The number of hydrogen-bond donors (Lipinski definition) is 6. The molecule has 15 nitrogen and oxygen atoms in total. The summed E-state index contributed by atoms with van der Waals surface area (Å²) in [6, 6.07) is 15.7. The Bertz CT molecular complexity index is 2160. The number of nitrogens with two attached hydrogens (primary N) is 1. The maximum atomic E-state index is 13.9. The molecule has 7 N–H and O–H groups in total. The van der Waals surface area contributed by atoms with Gasteiger partial charge in [0.25, 0.3) is 0 Å². The Kier molecular flexibility index (Phi) is 16.9. The lowest BCUT2D eigenvalue weighted by molar-refractivity contribution is -0.141. The van der Waals surface area contributed by atoms with E-state index in [0.717, 1.165) is 5.56 Å². The van der Waals surface area contributed by atoms with E-state index in [0.29, 0.717) is 79.0 Å². The summed E-state index contributed by atoms with van der Waals surface area (Å²) in [7, 11) is 0. The number of amides is 5. The first-order valence-corrected chi connectivity index (χ1v) is 22.9. The second-order valence-corrected chi connectivity index (χ2v) is 18.3. The van der Waals surface area contributed by atoms with Crippen LogP contribution >= 0.6 is 11.8 Å². The normalized spacial score (nSPS) is 16.0. The quantitative estimate of drug-likeness (QED) is 0.0705. The lowest BCUT2D eigenvalue weighted by Gasteiger charge is -2.29. The van der Waals surface area contributed by atoms with Crippen molar-refractivity contribution in [2.45, 2.75) is 96.5 Å². The van der Waals surface area contributed by atoms with E-state index in [1.807, 2.05) is 58.9 Å². The van der Waals surface area contributed by atoms with Gasteiger partial charge in [-0.3, -0.25) is 33.6 Å². The zero-order valence-electron chi connectivity index (χ0n) is 37.0. The molecule has 0 spiro atoms.